The Bertz CT molecular complexity index is 1050. The average molecular weight is 365 g/mol. The summed E-state index contributed by atoms with van der Waals surface area (Å²) in [6, 6.07) is 19.7. The van der Waals surface area contributed by atoms with Crippen molar-refractivity contribution < 1.29 is 4.42 Å². The molecule has 1 heterocycles. The summed E-state index contributed by atoms with van der Waals surface area (Å²) in [5.41, 5.74) is 2.27. The molecule has 5 heteroatoms. The van der Waals surface area contributed by atoms with Crippen molar-refractivity contribution in [1.29, 1.82) is 10.5 Å². The first-order valence-electron chi connectivity index (χ1n) is 7.28. The maximum atomic E-state index is 9.42. The Kier molecular flexibility index (Phi) is 4.91. The molecule has 2 aromatic carbocycles. The number of rotatable bonds is 3. The third-order valence-corrected chi connectivity index (χ3v) is 4.08. The van der Waals surface area contributed by atoms with Crippen LogP contribution < -0.4 is 0 Å². The summed E-state index contributed by atoms with van der Waals surface area (Å²) in [6.07, 6.45) is 1.63. The maximum absolute atomic E-state index is 9.42. The molecule has 0 fully saturated rings. The zero-order valence-electron chi connectivity index (χ0n) is 12.8. The number of hydrogen-bond donors (Lipinski definition) is 0. The molecular formula is C20H10Cl2N2O. The molecule has 1 aromatic heterocycles. The molecule has 0 radical (unpaired) electrons. The van der Waals surface area contributed by atoms with Gasteiger partial charge in [0.2, 0.25) is 0 Å². The number of furan rings is 1. The van der Waals surface area contributed by atoms with Gasteiger partial charge in [-0.25, -0.2) is 0 Å². The minimum Gasteiger partial charge on any atom is -0.457 e. The van der Waals surface area contributed by atoms with Gasteiger partial charge in [0, 0.05) is 10.6 Å². The van der Waals surface area contributed by atoms with Gasteiger partial charge in [-0.15, -0.1) is 0 Å². The highest BCUT2D eigenvalue weighted by molar-refractivity contribution is 6.36. The molecule has 3 aromatic rings. The second kappa shape index (κ2) is 7.28. The van der Waals surface area contributed by atoms with E-state index in [4.69, 9.17) is 32.9 Å². The molecule has 120 valence electrons. The molecule has 0 N–H and O–H groups in total. The van der Waals surface area contributed by atoms with E-state index in [-0.39, 0.29) is 0 Å². The Morgan fingerprint density at radius 3 is 2.56 bits per heavy atom. The Balaban J connectivity index is 1.97. The summed E-state index contributed by atoms with van der Waals surface area (Å²) in [5.74, 6) is 1.09. The molecule has 0 saturated carbocycles. The lowest BCUT2D eigenvalue weighted by atomic mass is 10.0. The molecule has 0 aliphatic rings. The fourth-order valence-corrected chi connectivity index (χ4v) is 2.84. The SMILES string of the molecule is N#C/C(=C/c1ccc(-c2ccc(Cl)cc2Cl)o1)c1cccc(C#N)c1. The Morgan fingerprint density at radius 2 is 1.84 bits per heavy atom. The predicted molar refractivity (Wildman–Crippen MR) is 98.8 cm³/mol. The van der Waals surface area contributed by atoms with Crippen molar-refractivity contribution in [2.24, 2.45) is 0 Å². The van der Waals surface area contributed by atoms with Gasteiger partial charge in [0.25, 0.3) is 0 Å². The van der Waals surface area contributed by atoms with Crippen LogP contribution >= 0.6 is 23.2 Å². The molecule has 0 aliphatic heterocycles. The van der Waals surface area contributed by atoms with Crippen LogP contribution in [0.25, 0.3) is 23.0 Å². The van der Waals surface area contributed by atoms with Gasteiger partial charge in [0.05, 0.1) is 28.3 Å². The molecule has 0 spiro atoms. The van der Waals surface area contributed by atoms with Crippen molar-refractivity contribution in [1.82, 2.24) is 0 Å². The molecule has 0 amide bonds. The summed E-state index contributed by atoms with van der Waals surface area (Å²) in [5, 5.41) is 19.4. The van der Waals surface area contributed by atoms with Crippen LogP contribution in [0.15, 0.2) is 59.0 Å². The van der Waals surface area contributed by atoms with Gasteiger partial charge in [-0.1, -0.05) is 35.3 Å². The summed E-state index contributed by atoms with van der Waals surface area (Å²) < 4.78 is 5.78. The first-order valence-corrected chi connectivity index (χ1v) is 8.04. The van der Waals surface area contributed by atoms with E-state index < -0.39 is 0 Å². The van der Waals surface area contributed by atoms with E-state index in [0.717, 1.165) is 5.56 Å². The zero-order valence-corrected chi connectivity index (χ0v) is 14.3. The number of allylic oxidation sites excluding steroid dienone is 1. The first-order chi connectivity index (χ1) is 12.1. The minimum absolute atomic E-state index is 0.403. The minimum atomic E-state index is 0.403. The van der Waals surface area contributed by atoms with E-state index in [9.17, 15) is 5.26 Å². The second-order valence-corrected chi connectivity index (χ2v) is 6.03. The van der Waals surface area contributed by atoms with Crippen LogP contribution in [0.3, 0.4) is 0 Å². The average Bonchev–Trinajstić information content (AvgIpc) is 3.08. The van der Waals surface area contributed by atoms with Crippen LogP contribution in [0.4, 0.5) is 0 Å². The second-order valence-electron chi connectivity index (χ2n) is 5.19. The quantitative estimate of drug-likeness (QED) is 0.520. The molecule has 3 rings (SSSR count). The Hall–Kier alpha value is -2.98. The van der Waals surface area contributed by atoms with Crippen molar-refractivity contribution >= 4 is 34.9 Å². The summed E-state index contributed by atoms with van der Waals surface area (Å²) in [4.78, 5) is 0. The molecule has 0 aliphatic carbocycles. The van der Waals surface area contributed by atoms with Crippen LogP contribution in [0.2, 0.25) is 10.0 Å². The molecule has 25 heavy (non-hydrogen) atoms. The van der Waals surface area contributed by atoms with Crippen LogP contribution in [0.5, 0.6) is 0 Å². The van der Waals surface area contributed by atoms with E-state index in [1.165, 1.54) is 0 Å². The topological polar surface area (TPSA) is 60.7 Å². The Morgan fingerprint density at radius 1 is 1.00 bits per heavy atom. The van der Waals surface area contributed by atoms with E-state index in [1.807, 2.05) is 0 Å². The van der Waals surface area contributed by atoms with Gasteiger partial charge in [0.15, 0.2) is 0 Å². The van der Waals surface area contributed by atoms with Gasteiger partial charge in [-0.3, -0.25) is 0 Å². The van der Waals surface area contributed by atoms with Crippen molar-refractivity contribution in [3.05, 3.63) is 81.5 Å². The van der Waals surface area contributed by atoms with E-state index in [2.05, 4.69) is 12.1 Å². The van der Waals surface area contributed by atoms with Gasteiger partial charge in [-0.2, -0.15) is 10.5 Å². The highest BCUT2D eigenvalue weighted by Crippen LogP contribution is 2.32. The van der Waals surface area contributed by atoms with Crippen LogP contribution in [-0.2, 0) is 0 Å². The highest BCUT2D eigenvalue weighted by atomic mass is 35.5. The molecule has 0 saturated heterocycles. The lowest BCUT2D eigenvalue weighted by Crippen LogP contribution is -1.83. The van der Waals surface area contributed by atoms with E-state index in [0.29, 0.717) is 38.3 Å². The van der Waals surface area contributed by atoms with Crippen molar-refractivity contribution in [2.75, 3.05) is 0 Å². The van der Waals surface area contributed by atoms with Crippen molar-refractivity contribution in [3.63, 3.8) is 0 Å². The lowest BCUT2D eigenvalue weighted by Gasteiger charge is -2.01. The molecule has 0 atom stereocenters. The molecular weight excluding hydrogens is 355 g/mol. The standard InChI is InChI=1S/C20H10Cl2N2O/c21-16-4-6-18(19(22)10-16)20-7-5-17(25-20)9-15(12-24)14-3-1-2-13(8-14)11-23/h1-10H/b15-9-. The number of halogens is 2. The van der Waals surface area contributed by atoms with Gasteiger partial charge in [0.1, 0.15) is 11.5 Å². The molecule has 0 unspecified atom stereocenters. The number of nitriles is 2. The normalized spacial score (nSPS) is 11.0. The van der Waals surface area contributed by atoms with Crippen molar-refractivity contribution in [3.8, 4) is 23.5 Å². The van der Waals surface area contributed by atoms with E-state index in [1.54, 1.807) is 60.7 Å². The maximum Gasteiger partial charge on any atom is 0.136 e. The lowest BCUT2D eigenvalue weighted by molar-refractivity contribution is 0.572. The smallest absolute Gasteiger partial charge is 0.136 e. The van der Waals surface area contributed by atoms with Crippen LogP contribution in [-0.4, -0.2) is 0 Å². The number of benzene rings is 2. The summed E-state index contributed by atoms with van der Waals surface area (Å²) in [7, 11) is 0. The Labute approximate surface area is 155 Å². The monoisotopic (exact) mass is 364 g/mol. The third kappa shape index (κ3) is 3.75. The van der Waals surface area contributed by atoms with Crippen LogP contribution in [0.1, 0.15) is 16.9 Å². The molecule has 0 bridgehead atoms. The van der Waals surface area contributed by atoms with Crippen LogP contribution in [0, 0.1) is 22.7 Å². The van der Waals surface area contributed by atoms with Gasteiger partial charge >= 0.3 is 0 Å². The van der Waals surface area contributed by atoms with E-state index >= 15 is 0 Å². The predicted octanol–water partition coefficient (Wildman–Crippen LogP) is 6.19. The fourth-order valence-electron chi connectivity index (χ4n) is 2.34. The third-order valence-electron chi connectivity index (χ3n) is 3.53. The van der Waals surface area contributed by atoms with Gasteiger partial charge < -0.3 is 4.42 Å². The number of hydrogen-bond acceptors (Lipinski definition) is 3. The van der Waals surface area contributed by atoms with Gasteiger partial charge in [-0.05, 0) is 54.1 Å². The first kappa shape index (κ1) is 16.9. The largest absolute Gasteiger partial charge is 0.457 e. The fraction of sp³-hybridized carbons (Fsp3) is 0. The number of nitrogens with zero attached hydrogens (tertiary/aromatic N) is 2. The summed E-state index contributed by atoms with van der Waals surface area (Å²) in [6.45, 7) is 0. The van der Waals surface area contributed by atoms with Crippen molar-refractivity contribution in [2.45, 2.75) is 0 Å². The highest BCUT2D eigenvalue weighted by Gasteiger charge is 2.10. The zero-order chi connectivity index (χ0) is 17.8. The summed E-state index contributed by atoms with van der Waals surface area (Å²) >= 11 is 12.1. The molecule has 3 nitrogen and oxygen atoms in total.